The Bertz CT molecular complexity index is 1280. The second-order valence-corrected chi connectivity index (χ2v) is 8.84. The number of fused-ring (bicyclic) bond motifs is 1. The number of benzene rings is 2. The lowest BCUT2D eigenvalue weighted by atomic mass is 10.1. The maximum atomic E-state index is 12.9. The highest BCUT2D eigenvalue weighted by atomic mass is 32.2. The minimum absolute atomic E-state index is 0.00763. The first-order chi connectivity index (χ1) is 13.9. The second-order valence-electron chi connectivity index (χ2n) is 6.36. The monoisotopic (exact) mass is 429 g/mol. The van der Waals surface area contributed by atoms with Crippen molar-refractivity contribution in [3.8, 4) is 22.8 Å². The molecule has 0 saturated heterocycles. The molecule has 0 atom stereocenters. The fourth-order valence-corrected chi connectivity index (χ4v) is 5.04. The van der Waals surface area contributed by atoms with Gasteiger partial charge in [0.05, 0.1) is 19.9 Å². The summed E-state index contributed by atoms with van der Waals surface area (Å²) < 4.78 is 40.7. The Morgan fingerprint density at radius 2 is 1.83 bits per heavy atom. The highest BCUT2D eigenvalue weighted by molar-refractivity contribution is 7.92. The van der Waals surface area contributed by atoms with Gasteiger partial charge in [-0.3, -0.25) is 9.12 Å². The third-order valence-corrected chi connectivity index (χ3v) is 6.84. The van der Waals surface area contributed by atoms with E-state index in [0.717, 1.165) is 21.9 Å². The molecule has 0 amide bonds. The Balaban J connectivity index is 1.61. The lowest BCUT2D eigenvalue weighted by Crippen LogP contribution is -2.14. The average Bonchev–Trinajstić information content (AvgIpc) is 3.30. The Morgan fingerprint density at radius 1 is 1.07 bits per heavy atom. The van der Waals surface area contributed by atoms with Crippen molar-refractivity contribution >= 4 is 32.0 Å². The summed E-state index contributed by atoms with van der Waals surface area (Å²) in [6, 6.07) is 11.7. The van der Waals surface area contributed by atoms with Crippen molar-refractivity contribution in [3.05, 3.63) is 59.7 Å². The predicted molar refractivity (Wildman–Crippen MR) is 114 cm³/mol. The van der Waals surface area contributed by atoms with E-state index in [0.29, 0.717) is 11.4 Å². The first-order valence-electron chi connectivity index (χ1n) is 8.70. The SMILES string of the molecule is COc1ccc(OC)c(S(=O)(=O)Nc2ccc(-c3cn4c(C)csc4n3)cc2)c1. The minimum Gasteiger partial charge on any atom is -0.497 e. The number of anilines is 1. The van der Waals surface area contributed by atoms with Crippen molar-refractivity contribution in [1.82, 2.24) is 9.38 Å². The summed E-state index contributed by atoms with van der Waals surface area (Å²) in [5, 5.41) is 2.05. The van der Waals surface area contributed by atoms with Crippen LogP contribution in [0.4, 0.5) is 5.69 Å². The number of hydrogen-bond acceptors (Lipinski definition) is 6. The normalized spacial score (nSPS) is 11.6. The third-order valence-electron chi connectivity index (χ3n) is 4.48. The second kappa shape index (κ2) is 7.41. The van der Waals surface area contributed by atoms with Crippen LogP contribution in [0.25, 0.3) is 16.2 Å². The molecule has 150 valence electrons. The molecule has 1 N–H and O–H groups in total. The Kier molecular flexibility index (Phi) is 4.93. The molecule has 0 radical (unpaired) electrons. The van der Waals surface area contributed by atoms with Crippen molar-refractivity contribution in [2.45, 2.75) is 11.8 Å². The number of ether oxygens (including phenoxy) is 2. The summed E-state index contributed by atoms with van der Waals surface area (Å²) in [4.78, 5) is 5.54. The van der Waals surface area contributed by atoms with E-state index >= 15 is 0 Å². The molecule has 9 heteroatoms. The quantitative estimate of drug-likeness (QED) is 0.497. The number of aromatic nitrogens is 2. The Hall–Kier alpha value is -3.04. The van der Waals surface area contributed by atoms with Gasteiger partial charge in [0.15, 0.2) is 4.96 Å². The van der Waals surface area contributed by atoms with Gasteiger partial charge in [0.25, 0.3) is 10.0 Å². The molecule has 0 unspecified atom stereocenters. The summed E-state index contributed by atoms with van der Waals surface area (Å²) in [7, 11) is -0.955. The first-order valence-corrected chi connectivity index (χ1v) is 11.1. The van der Waals surface area contributed by atoms with E-state index in [4.69, 9.17) is 9.47 Å². The number of hydrogen-bond donors (Lipinski definition) is 1. The zero-order valence-electron chi connectivity index (χ0n) is 16.0. The molecular formula is C20H19N3O4S2. The number of aryl methyl sites for hydroxylation is 1. The Labute approximate surface area is 172 Å². The fraction of sp³-hybridized carbons (Fsp3) is 0.150. The first kappa shape index (κ1) is 19.3. The number of nitrogens with one attached hydrogen (secondary N) is 1. The lowest BCUT2D eigenvalue weighted by molar-refractivity contribution is 0.392. The summed E-state index contributed by atoms with van der Waals surface area (Å²) in [6.45, 7) is 2.03. The van der Waals surface area contributed by atoms with Crippen LogP contribution in [0.2, 0.25) is 0 Å². The zero-order valence-corrected chi connectivity index (χ0v) is 17.7. The standard InChI is InChI=1S/C20H19N3O4S2/c1-13-12-28-20-21-17(11-23(13)20)14-4-6-15(7-5-14)22-29(24,25)19-10-16(26-2)8-9-18(19)27-3/h4-12,22H,1-3H3. The van der Waals surface area contributed by atoms with Gasteiger partial charge in [0, 0.05) is 34.6 Å². The van der Waals surface area contributed by atoms with Gasteiger partial charge in [-0.25, -0.2) is 13.4 Å². The van der Waals surface area contributed by atoms with E-state index in [1.165, 1.54) is 20.3 Å². The summed E-state index contributed by atoms with van der Waals surface area (Å²) in [5.41, 5.74) is 3.31. The van der Waals surface area contributed by atoms with E-state index < -0.39 is 10.0 Å². The maximum absolute atomic E-state index is 12.9. The highest BCUT2D eigenvalue weighted by Crippen LogP contribution is 2.30. The van der Waals surface area contributed by atoms with Crippen LogP contribution in [0.1, 0.15) is 5.69 Å². The third kappa shape index (κ3) is 3.66. The van der Waals surface area contributed by atoms with Crippen LogP contribution in [0, 0.1) is 6.92 Å². The summed E-state index contributed by atoms with van der Waals surface area (Å²) in [6.07, 6.45) is 1.97. The largest absolute Gasteiger partial charge is 0.497 e. The van der Waals surface area contributed by atoms with Gasteiger partial charge in [-0.2, -0.15) is 0 Å². The molecule has 7 nitrogen and oxygen atoms in total. The number of thiazole rings is 1. The van der Waals surface area contributed by atoms with Gasteiger partial charge in [0.2, 0.25) is 0 Å². The van der Waals surface area contributed by atoms with Crippen molar-refractivity contribution < 1.29 is 17.9 Å². The van der Waals surface area contributed by atoms with E-state index in [2.05, 4.69) is 15.1 Å². The molecule has 2 aromatic carbocycles. The summed E-state index contributed by atoms with van der Waals surface area (Å²) >= 11 is 1.58. The van der Waals surface area contributed by atoms with Crippen LogP contribution in [0.5, 0.6) is 11.5 Å². The molecule has 0 aliphatic heterocycles. The Morgan fingerprint density at radius 3 is 2.48 bits per heavy atom. The molecule has 29 heavy (non-hydrogen) atoms. The molecule has 4 rings (SSSR count). The van der Waals surface area contributed by atoms with Crippen LogP contribution >= 0.6 is 11.3 Å². The van der Waals surface area contributed by atoms with Crippen molar-refractivity contribution in [1.29, 1.82) is 0 Å². The molecular weight excluding hydrogens is 410 g/mol. The molecule has 0 saturated carbocycles. The lowest BCUT2D eigenvalue weighted by Gasteiger charge is -2.13. The molecule has 4 aromatic rings. The fourth-order valence-electron chi connectivity index (χ4n) is 2.95. The van der Waals surface area contributed by atoms with Crippen LogP contribution in [0.3, 0.4) is 0 Å². The number of rotatable bonds is 6. The van der Waals surface area contributed by atoms with Gasteiger partial charge < -0.3 is 9.47 Å². The molecule has 2 aromatic heterocycles. The zero-order chi connectivity index (χ0) is 20.6. The molecule has 0 bridgehead atoms. The van der Waals surface area contributed by atoms with Gasteiger partial charge in [0.1, 0.15) is 16.4 Å². The van der Waals surface area contributed by atoms with Crippen LogP contribution < -0.4 is 14.2 Å². The topological polar surface area (TPSA) is 81.9 Å². The maximum Gasteiger partial charge on any atom is 0.265 e. The predicted octanol–water partition coefficient (Wildman–Crippen LogP) is 4.19. The average molecular weight is 430 g/mol. The number of imidazole rings is 1. The minimum atomic E-state index is -3.86. The molecule has 2 heterocycles. The van der Waals surface area contributed by atoms with Crippen LogP contribution in [0.15, 0.2) is 58.9 Å². The van der Waals surface area contributed by atoms with Crippen LogP contribution in [-0.2, 0) is 10.0 Å². The summed E-state index contributed by atoms with van der Waals surface area (Å²) in [5.74, 6) is 0.667. The number of methoxy groups -OCH3 is 2. The molecule has 0 aliphatic carbocycles. The van der Waals surface area contributed by atoms with Gasteiger partial charge >= 0.3 is 0 Å². The number of sulfonamides is 1. The molecule has 0 aliphatic rings. The van der Waals surface area contributed by atoms with E-state index in [1.807, 2.05) is 29.7 Å². The molecule has 0 fully saturated rings. The van der Waals surface area contributed by atoms with Gasteiger partial charge in [-0.05, 0) is 31.2 Å². The highest BCUT2D eigenvalue weighted by Gasteiger charge is 2.21. The smallest absolute Gasteiger partial charge is 0.265 e. The van der Waals surface area contributed by atoms with Gasteiger partial charge in [-0.1, -0.05) is 12.1 Å². The van der Waals surface area contributed by atoms with Crippen molar-refractivity contribution in [2.75, 3.05) is 18.9 Å². The number of nitrogens with zero attached hydrogens (tertiary/aromatic N) is 2. The van der Waals surface area contributed by atoms with Gasteiger partial charge in [-0.15, -0.1) is 11.3 Å². The van der Waals surface area contributed by atoms with Crippen molar-refractivity contribution in [3.63, 3.8) is 0 Å². The van der Waals surface area contributed by atoms with E-state index in [9.17, 15) is 8.42 Å². The molecule has 0 spiro atoms. The van der Waals surface area contributed by atoms with Crippen molar-refractivity contribution in [2.24, 2.45) is 0 Å². The van der Waals surface area contributed by atoms with E-state index in [1.54, 1.807) is 35.6 Å². The van der Waals surface area contributed by atoms with E-state index in [-0.39, 0.29) is 10.6 Å². The van der Waals surface area contributed by atoms with Crippen LogP contribution in [-0.4, -0.2) is 32.0 Å².